The lowest BCUT2D eigenvalue weighted by atomic mass is 10.2. The normalized spacial score (nSPS) is 17.0. The van der Waals surface area contributed by atoms with Crippen molar-refractivity contribution < 1.29 is 26.7 Å². The number of carbonyl (C=O) groups is 1. The van der Waals surface area contributed by atoms with Crippen LogP contribution in [0.5, 0.6) is 5.75 Å². The first-order chi connectivity index (χ1) is 12.3. The maximum absolute atomic E-state index is 13.7. The average molecular weight is 382 g/mol. The van der Waals surface area contributed by atoms with E-state index in [-0.39, 0.29) is 24.4 Å². The van der Waals surface area contributed by atoms with Gasteiger partial charge in [-0.05, 0) is 24.3 Å². The largest absolute Gasteiger partial charge is 0.478 e. The Kier molecular flexibility index (Phi) is 4.82. The second-order valence-corrected chi connectivity index (χ2v) is 7.72. The molecule has 0 unspecified atom stereocenters. The number of fused-ring (bicyclic) bond motifs is 1. The summed E-state index contributed by atoms with van der Waals surface area (Å²) in [5, 5.41) is 2.35. The van der Waals surface area contributed by atoms with Crippen molar-refractivity contribution in [3.05, 3.63) is 54.1 Å². The van der Waals surface area contributed by atoms with E-state index in [1.54, 1.807) is 24.3 Å². The SMILES string of the molecule is CS(=O)(=O)N1CC[C@@H](C(=O)Nc2ccc(F)cc2F)Oc2ccccc21. The number of para-hydroxylation sites is 2. The molecule has 1 amide bonds. The van der Waals surface area contributed by atoms with Gasteiger partial charge in [0.2, 0.25) is 10.0 Å². The van der Waals surface area contributed by atoms with E-state index in [1.165, 1.54) is 0 Å². The number of sulfonamides is 1. The Hall–Kier alpha value is -2.68. The number of nitrogens with zero attached hydrogens (tertiary/aromatic N) is 1. The van der Waals surface area contributed by atoms with Gasteiger partial charge in [0.1, 0.15) is 17.4 Å². The number of hydrogen-bond acceptors (Lipinski definition) is 4. The Morgan fingerprint density at radius 1 is 1.23 bits per heavy atom. The fraction of sp³-hybridized carbons (Fsp3) is 0.235. The molecule has 3 rings (SSSR count). The van der Waals surface area contributed by atoms with Crippen molar-refractivity contribution in [2.24, 2.45) is 0 Å². The van der Waals surface area contributed by atoms with Crippen molar-refractivity contribution in [1.82, 2.24) is 0 Å². The van der Waals surface area contributed by atoms with Crippen LogP contribution in [0.1, 0.15) is 6.42 Å². The van der Waals surface area contributed by atoms with Crippen LogP contribution in [-0.4, -0.2) is 33.2 Å². The first kappa shape index (κ1) is 18.1. The van der Waals surface area contributed by atoms with Crippen molar-refractivity contribution >= 4 is 27.3 Å². The molecule has 1 aliphatic heterocycles. The van der Waals surface area contributed by atoms with E-state index in [1.807, 2.05) is 0 Å². The third-order valence-electron chi connectivity index (χ3n) is 3.88. The Labute approximate surface area is 149 Å². The van der Waals surface area contributed by atoms with Gasteiger partial charge in [-0.15, -0.1) is 0 Å². The summed E-state index contributed by atoms with van der Waals surface area (Å²) < 4.78 is 57.6. The maximum atomic E-state index is 13.7. The average Bonchev–Trinajstić information content (AvgIpc) is 2.76. The van der Waals surface area contributed by atoms with Gasteiger partial charge >= 0.3 is 0 Å². The predicted octanol–water partition coefficient (Wildman–Crippen LogP) is 2.52. The van der Waals surface area contributed by atoms with Gasteiger partial charge < -0.3 is 10.1 Å². The van der Waals surface area contributed by atoms with E-state index in [2.05, 4.69) is 5.32 Å². The Bertz CT molecular complexity index is 950. The number of carbonyl (C=O) groups excluding carboxylic acids is 1. The molecule has 0 saturated heterocycles. The van der Waals surface area contributed by atoms with E-state index in [9.17, 15) is 22.0 Å². The highest BCUT2D eigenvalue weighted by atomic mass is 32.2. The molecule has 0 aliphatic carbocycles. The number of nitrogens with one attached hydrogen (secondary N) is 1. The van der Waals surface area contributed by atoms with Crippen LogP contribution < -0.4 is 14.4 Å². The molecule has 2 aromatic carbocycles. The van der Waals surface area contributed by atoms with E-state index < -0.39 is 33.7 Å². The summed E-state index contributed by atoms with van der Waals surface area (Å²) in [6, 6.07) is 9.23. The van der Waals surface area contributed by atoms with Gasteiger partial charge in [-0.2, -0.15) is 0 Å². The van der Waals surface area contributed by atoms with Gasteiger partial charge in [0.25, 0.3) is 5.91 Å². The summed E-state index contributed by atoms with van der Waals surface area (Å²) in [6.07, 6.45) is 0.0985. The minimum Gasteiger partial charge on any atom is -0.478 e. The summed E-state index contributed by atoms with van der Waals surface area (Å²) in [5.41, 5.74) is 0.149. The van der Waals surface area contributed by atoms with Crippen molar-refractivity contribution in [1.29, 1.82) is 0 Å². The zero-order valence-electron chi connectivity index (χ0n) is 13.8. The highest BCUT2D eigenvalue weighted by Gasteiger charge is 2.31. The summed E-state index contributed by atoms with van der Waals surface area (Å²) in [7, 11) is -3.56. The number of amides is 1. The lowest BCUT2D eigenvalue weighted by molar-refractivity contribution is -0.122. The van der Waals surface area contributed by atoms with Gasteiger partial charge in [0, 0.05) is 19.0 Å². The van der Waals surface area contributed by atoms with Crippen LogP contribution in [0.25, 0.3) is 0 Å². The lowest BCUT2D eigenvalue weighted by Crippen LogP contribution is -2.36. The number of hydrogen-bond donors (Lipinski definition) is 1. The molecule has 6 nitrogen and oxygen atoms in total. The van der Waals surface area contributed by atoms with Crippen molar-refractivity contribution in [3.63, 3.8) is 0 Å². The van der Waals surface area contributed by atoms with Crippen LogP contribution >= 0.6 is 0 Å². The fourth-order valence-corrected chi connectivity index (χ4v) is 3.61. The van der Waals surface area contributed by atoms with Gasteiger partial charge in [-0.1, -0.05) is 12.1 Å². The molecule has 0 fully saturated rings. The zero-order valence-corrected chi connectivity index (χ0v) is 14.6. The van der Waals surface area contributed by atoms with Crippen LogP contribution in [0.2, 0.25) is 0 Å². The Morgan fingerprint density at radius 2 is 1.96 bits per heavy atom. The molecule has 0 spiro atoms. The van der Waals surface area contributed by atoms with Crippen molar-refractivity contribution in [2.45, 2.75) is 12.5 Å². The quantitative estimate of drug-likeness (QED) is 0.885. The molecule has 138 valence electrons. The van der Waals surface area contributed by atoms with E-state index in [4.69, 9.17) is 4.74 Å². The monoisotopic (exact) mass is 382 g/mol. The molecular weight excluding hydrogens is 366 g/mol. The molecule has 0 aromatic heterocycles. The summed E-state index contributed by atoms with van der Waals surface area (Å²) in [4.78, 5) is 12.5. The van der Waals surface area contributed by atoms with Crippen LogP contribution in [-0.2, 0) is 14.8 Å². The molecule has 0 bridgehead atoms. The Balaban J connectivity index is 1.85. The standard InChI is InChI=1S/C17H16F2N2O4S/c1-26(23,24)21-9-8-16(25-15-5-3-2-4-14(15)21)17(22)20-13-7-6-11(18)10-12(13)19/h2-7,10,16H,8-9H2,1H3,(H,20,22)/t16-/m0/s1. The minimum atomic E-state index is -3.56. The van der Waals surface area contributed by atoms with Crippen molar-refractivity contribution in [3.8, 4) is 5.75 Å². The molecule has 1 N–H and O–H groups in total. The summed E-state index contributed by atoms with van der Waals surface area (Å²) in [5.74, 6) is -2.09. The second-order valence-electron chi connectivity index (χ2n) is 5.81. The minimum absolute atomic E-state index is 0.0276. The highest BCUT2D eigenvalue weighted by Crippen LogP contribution is 2.34. The number of ether oxygens (including phenoxy) is 1. The first-order valence-electron chi connectivity index (χ1n) is 7.75. The lowest BCUT2D eigenvalue weighted by Gasteiger charge is -2.20. The first-order valence-corrected chi connectivity index (χ1v) is 9.60. The second kappa shape index (κ2) is 6.91. The van der Waals surface area contributed by atoms with E-state index in [0.717, 1.165) is 22.7 Å². The zero-order chi connectivity index (χ0) is 18.9. The van der Waals surface area contributed by atoms with Gasteiger partial charge in [-0.3, -0.25) is 9.10 Å². The van der Waals surface area contributed by atoms with Crippen LogP contribution in [0, 0.1) is 11.6 Å². The molecule has 1 heterocycles. The maximum Gasteiger partial charge on any atom is 0.265 e. The van der Waals surface area contributed by atoms with Gasteiger partial charge in [-0.25, -0.2) is 17.2 Å². The van der Waals surface area contributed by atoms with E-state index >= 15 is 0 Å². The highest BCUT2D eigenvalue weighted by molar-refractivity contribution is 7.92. The number of rotatable bonds is 3. The third-order valence-corrected chi connectivity index (χ3v) is 5.06. The molecule has 1 aliphatic rings. The predicted molar refractivity (Wildman–Crippen MR) is 92.7 cm³/mol. The fourth-order valence-electron chi connectivity index (χ4n) is 2.66. The molecular formula is C17H16F2N2O4S. The topological polar surface area (TPSA) is 75.7 Å². The molecule has 9 heteroatoms. The van der Waals surface area contributed by atoms with Gasteiger partial charge in [0.05, 0.1) is 17.6 Å². The smallest absolute Gasteiger partial charge is 0.265 e. The molecule has 26 heavy (non-hydrogen) atoms. The van der Waals surface area contributed by atoms with Gasteiger partial charge in [0.15, 0.2) is 6.10 Å². The summed E-state index contributed by atoms with van der Waals surface area (Å²) >= 11 is 0. The van der Waals surface area contributed by atoms with Crippen LogP contribution in [0.4, 0.5) is 20.2 Å². The molecule has 2 aromatic rings. The number of benzene rings is 2. The van der Waals surface area contributed by atoms with E-state index in [0.29, 0.717) is 11.8 Å². The Morgan fingerprint density at radius 3 is 2.65 bits per heavy atom. The van der Waals surface area contributed by atoms with Crippen LogP contribution in [0.15, 0.2) is 42.5 Å². The molecule has 0 saturated carbocycles. The number of anilines is 2. The molecule has 1 atom stereocenters. The molecule has 0 radical (unpaired) electrons. The third kappa shape index (κ3) is 3.77. The number of halogens is 2. The van der Waals surface area contributed by atoms with Crippen molar-refractivity contribution in [2.75, 3.05) is 22.4 Å². The van der Waals surface area contributed by atoms with Crippen LogP contribution in [0.3, 0.4) is 0 Å². The summed E-state index contributed by atoms with van der Waals surface area (Å²) in [6.45, 7) is 0.0276.